The van der Waals surface area contributed by atoms with E-state index in [2.05, 4.69) is 12.2 Å². The molecule has 1 saturated heterocycles. The van der Waals surface area contributed by atoms with Crippen molar-refractivity contribution in [2.45, 2.75) is 20.0 Å². The largest absolute Gasteiger partial charge is 0.496 e. The van der Waals surface area contributed by atoms with E-state index in [9.17, 15) is 9.59 Å². The highest BCUT2D eigenvalue weighted by Gasteiger charge is 2.34. The van der Waals surface area contributed by atoms with Gasteiger partial charge in [0.1, 0.15) is 23.7 Å². The highest BCUT2D eigenvalue weighted by molar-refractivity contribution is 7.80. The summed E-state index contributed by atoms with van der Waals surface area (Å²) < 4.78 is 11.4. The Morgan fingerprint density at radius 2 is 1.74 bits per heavy atom. The molecule has 1 aliphatic heterocycles. The number of thiocarbonyl (C=S) groups is 1. The van der Waals surface area contributed by atoms with Gasteiger partial charge < -0.3 is 9.47 Å². The fourth-order valence-corrected chi connectivity index (χ4v) is 4.04. The molecule has 3 aromatic carbocycles. The van der Waals surface area contributed by atoms with Gasteiger partial charge in [0.15, 0.2) is 5.11 Å². The van der Waals surface area contributed by atoms with Crippen LogP contribution in [0.1, 0.15) is 23.6 Å². The Morgan fingerprint density at radius 1 is 1.03 bits per heavy atom. The van der Waals surface area contributed by atoms with Gasteiger partial charge in [0.2, 0.25) is 0 Å². The van der Waals surface area contributed by atoms with Crippen molar-refractivity contribution < 1.29 is 19.1 Å². The van der Waals surface area contributed by atoms with E-state index in [4.69, 9.17) is 33.3 Å². The number of amides is 2. The van der Waals surface area contributed by atoms with Crippen LogP contribution < -0.4 is 19.7 Å². The second kappa shape index (κ2) is 10.7. The lowest BCUT2D eigenvalue weighted by Gasteiger charge is -2.29. The molecule has 1 fully saturated rings. The van der Waals surface area contributed by atoms with Crippen molar-refractivity contribution in [2.75, 3.05) is 12.0 Å². The Hall–Kier alpha value is -3.68. The SMILES string of the molecule is CCc1ccc(OCc2cc(C=C3C(=O)NC(=S)N(c4ccc(Cl)cc4)C3=O)ccc2OC)cc1. The summed E-state index contributed by atoms with van der Waals surface area (Å²) in [5.41, 5.74) is 3.11. The molecular weight excluding hydrogens is 484 g/mol. The van der Waals surface area contributed by atoms with Crippen LogP contribution >= 0.6 is 23.8 Å². The third-order valence-corrected chi connectivity index (χ3v) is 6.06. The molecule has 0 unspecified atom stereocenters. The number of carbonyl (C=O) groups is 2. The Bertz CT molecular complexity index is 1300. The number of anilines is 1. The van der Waals surface area contributed by atoms with Gasteiger partial charge in [-0.05, 0) is 84.4 Å². The molecule has 178 valence electrons. The molecule has 1 heterocycles. The number of hydrogen-bond donors (Lipinski definition) is 1. The molecule has 0 spiro atoms. The zero-order valence-corrected chi connectivity index (χ0v) is 20.8. The average Bonchev–Trinajstić information content (AvgIpc) is 2.86. The number of methoxy groups -OCH3 is 1. The topological polar surface area (TPSA) is 67.9 Å². The Labute approximate surface area is 214 Å². The fraction of sp³-hybridized carbons (Fsp3) is 0.148. The second-order valence-electron chi connectivity index (χ2n) is 7.79. The summed E-state index contributed by atoms with van der Waals surface area (Å²) in [7, 11) is 1.58. The normalized spacial score (nSPS) is 14.8. The van der Waals surface area contributed by atoms with E-state index in [-0.39, 0.29) is 17.3 Å². The molecule has 6 nitrogen and oxygen atoms in total. The van der Waals surface area contributed by atoms with Crippen LogP contribution in [-0.4, -0.2) is 24.0 Å². The van der Waals surface area contributed by atoms with Crippen LogP contribution in [0.3, 0.4) is 0 Å². The maximum Gasteiger partial charge on any atom is 0.270 e. The number of carbonyl (C=O) groups excluding carboxylic acids is 2. The summed E-state index contributed by atoms with van der Waals surface area (Å²) in [6.07, 6.45) is 2.48. The van der Waals surface area contributed by atoms with Gasteiger partial charge in [0, 0.05) is 10.6 Å². The summed E-state index contributed by atoms with van der Waals surface area (Å²) >= 11 is 11.2. The molecular formula is C27H23ClN2O4S. The summed E-state index contributed by atoms with van der Waals surface area (Å²) in [4.78, 5) is 27.1. The van der Waals surface area contributed by atoms with Gasteiger partial charge in [-0.15, -0.1) is 0 Å². The zero-order chi connectivity index (χ0) is 24.9. The van der Waals surface area contributed by atoms with Crippen LogP contribution in [0.15, 0.2) is 72.3 Å². The zero-order valence-electron chi connectivity index (χ0n) is 19.2. The van der Waals surface area contributed by atoms with Crippen molar-refractivity contribution in [1.29, 1.82) is 0 Å². The minimum atomic E-state index is -0.560. The van der Waals surface area contributed by atoms with Crippen molar-refractivity contribution in [1.82, 2.24) is 5.32 Å². The van der Waals surface area contributed by atoms with Crippen LogP contribution in [0.4, 0.5) is 5.69 Å². The van der Waals surface area contributed by atoms with Crippen LogP contribution in [-0.2, 0) is 22.6 Å². The number of benzene rings is 3. The lowest BCUT2D eigenvalue weighted by Crippen LogP contribution is -2.54. The average molecular weight is 507 g/mol. The Kier molecular flexibility index (Phi) is 7.48. The van der Waals surface area contributed by atoms with Gasteiger partial charge in [-0.2, -0.15) is 0 Å². The standard InChI is InChI=1S/C27H23ClN2O4S/c1-3-17-4-11-22(12-5-17)34-16-19-14-18(6-13-24(19)33-2)15-23-25(31)29-27(35)30(26(23)32)21-9-7-20(28)8-10-21/h4-15H,3,16H2,1-2H3,(H,29,31,35). The van der Waals surface area contributed by atoms with Crippen LogP contribution in [0, 0.1) is 0 Å². The van der Waals surface area contributed by atoms with Crippen molar-refractivity contribution in [3.63, 3.8) is 0 Å². The summed E-state index contributed by atoms with van der Waals surface area (Å²) in [5, 5.41) is 3.12. The van der Waals surface area contributed by atoms with Gasteiger partial charge in [0.05, 0.1) is 12.8 Å². The van der Waals surface area contributed by atoms with E-state index in [1.54, 1.807) is 43.5 Å². The second-order valence-corrected chi connectivity index (χ2v) is 8.61. The van der Waals surface area contributed by atoms with E-state index >= 15 is 0 Å². The van der Waals surface area contributed by atoms with E-state index in [0.29, 0.717) is 22.0 Å². The monoisotopic (exact) mass is 506 g/mol. The number of rotatable bonds is 7. The molecule has 0 aliphatic carbocycles. The number of ether oxygens (including phenoxy) is 2. The van der Waals surface area contributed by atoms with Crippen LogP contribution in [0.2, 0.25) is 5.02 Å². The van der Waals surface area contributed by atoms with E-state index in [1.165, 1.54) is 16.5 Å². The Balaban J connectivity index is 1.60. The van der Waals surface area contributed by atoms with Crippen molar-refractivity contribution in [2.24, 2.45) is 0 Å². The smallest absolute Gasteiger partial charge is 0.270 e. The molecule has 0 saturated carbocycles. The van der Waals surface area contributed by atoms with E-state index < -0.39 is 11.8 Å². The maximum absolute atomic E-state index is 13.2. The van der Waals surface area contributed by atoms with Crippen molar-refractivity contribution >= 4 is 52.5 Å². The van der Waals surface area contributed by atoms with Crippen molar-refractivity contribution in [3.8, 4) is 11.5 Å². The first-order valence-electron chi connectivity index (χ1n) is 10.9. The van der Waals surface area contributed by atoms with Gasteiger partial charge in [0.25, 0.3) is 11.8 Å². The number of aryl methyl sites for hydroxylation is 1. The molecule has 0 atom stereocenters. The van der Waals surface area contributed by atoms with E-state index in [0.717, 1.165) is 17.7 Å². The molecule has 0 aromatic heterocycles. The molecule has 0 bridgehead atoms. The van der Waals surface area contributed by atoms with Gasteiger partial charge in [-0.25, -0.2) is 0 Å². The first-order chi connectivity index (χ1) is 16.9. The highest BCUT2D eigenvalue weighted by atomic mass is 35.5. The first-order valence-corrected chi connectivity index (χ1v) is 11.7. The predicted molar refractivity (Wildman–Crippen MR) is 141 cm³/mol. The lowest BCUT2D eigenvalue weighted by molar-refractivity contribution is -0.122. The Morgan fingerprint density at radius 3 is 2.40 bits per heavy atom. The van der Waals surface area contributed by atoms with Crippen LogP contribution in [0.5, 0.6) is 11.5 Å². The number of nitrogens with zero attached hydrogens (tertiary/aromatic N) is 1. The van der Waals surface area contributed by atoms with Crippen molar-refractivity contribution in [3.05, 3.63) is 94.0 Å². The summed E-state index contributed by atoms with van der Waals surface area (Å²) in [6, 6.07) is 19.9. The summed E-state index contributed by atoms with van der Waals surface area (Å²) in [5.74, 6) is 0.295. The number of halogens is 1. The van der Waals surface area contributed by atoms with Gasteiger partial charge in [-0.1, -0.05) is 36.7 Å². The number of nitrogens with one attached hydrogen (secondary N) is 1. The lowest BCUT2D eigenvalue weighted by atomic mass is 10.0. The van der Waals surface area contributed by atoms with Crippen LogP contribution in [0.25, 0.3) is 6.08 Å². The third kappa shape index (κ3) is 5.53. The first kappa shape index (κ1) is 24.4. The third-order valence-electron chi connectivity index (χ3n) is 5.53. The minimum absolute atomic E-state index is 0.0115. The summed E-state index contributed by atoms with van der Waals surface area (Å²) in [6.45, 7) is 2.35. The quantitative estimate of drug-likeness (QED) is 0.267. The molecule has 8 heteroatoms. The van der Waals surface area contributed by atoms with E-state index in [1.807, 2.05) is 30.3 Å². The van der Waals surface area contributed by atoms with Gasteiger partial charge >= 0.3 is 0 Å². The number of hydrogen-bond acceptors (Lipinski definition) is 5. The van der Waals surface area contributed by atoms with Gasteiger partial charge in [-0.3, -0.25) is 19.8 Å². The molecule has 0 radical (unpaired) electrons. The fourth-order valence-electron chi connectivity index (χ4n) is 3.63. The minimum Gasteiger partial charge on any atom is -0.496 e. The molecule has 3 aromatic rings. The maximum atomic E-state index is 13.2. The molecule has 2 amide bonds. The molecule has 35 heavy (non-hydrogen) atoms. The predicted octanol–water partition coefficient (Wildman–Crippen LogP) is 5.32. The highest BCUT2D eigenvalue weighted by Crippen LogP contribution is 2.26. The molecule has 1 N–H and O–H groups in total. The molecule has 1 aliphatic rings. The molecule has 4 rings (SSSR count).